The van der Waals surface area contributed by atoms with Crippen LogP contribution < -0.4 is 26.6 Å². The van der Waals surface area contributed by atoms with Gasteiger partial charge in [-0.25, -0.2) is 9.59 Å². The molecule has 2 aromatic carbocycles. The number of hydrogen-bond donors (Lipinski definition) is 4. The molecule has 6 heterocycles. The molecule has 48 heavy (non-hydrogen) atoms. The average Bonchev–Trinajstić information content (AvgIpc) is 3.72. The van der Waals surface area contributed by atoms with Gasteiger partial charge in [0, 0.05) is 50.2 Å². The fraction of sp³-hybridized carbons (Fsp3) is 0.118. The Kier molecular flexibility index (Phi) is 6.49. The number of halogens is 2. The minimum Gasteiger partial charge on any atom is -0.365 e. The molecule has 8 aromatic rings. The molecule has 0 amide bonds. The summed E-state index contributed by atoms with van der Waals surface area (Å²) in [6.45, 7) is 0.231. The van der Waals surface area contributed by atoms with Crippen LogP contribution in [0.4, 0.5) is 11.6 Å². The number of fused-ring (bicyclic) bond motifs is 6. The monoisotopic (exact) mass is 675 g/mol. The summed E-state index contributed by atoms with van der Waals surface area (Å²) in [5, 5.41) is 9.40. The average molecular weight is 677 g/mol. The third-order valence-electron chi connectivity index (χ3n) is 8.54. The van der Waals surface area contributed by atoms with Gasteiger partial charge in [0.25, 0.3) is 0 Å². The number of anilines is 2. The van der Waals surface area contributed by atoms with E-state index in [4.69, 9.17) is 23.2 Å². The summed E-state index contributed by atoms with van der Waals surface area (Å²) in [6, 6.07) is 18.6. The molecule has 1 aliphatic rings. The van der Waals surface area contributed by atoms with Crippen molar-refractivity contribution in [3.8, 4) is 11.4 Å². The summed E-state index contributed by atoms with van der Waals surface area (Å²) in [4.78, 5) is 47.2. The van der Waals surface area contributed by atoms with E-state index in [9.17, 15) is 9.59 Å². The normalized spacial score (nSPS) is 13.2. The van der Waals surface area contributed by atoms with Crippen LogP contribution in [-0.2, 0) is 6.67 Å². The summed E-state index contributed by atoms with van der Waals surface area (Å²) in [5.41, 5.74) is 4.59. The second-order valence-electron chi connectivity index (χ2n) is 11.8. The first-order valence-corrected chi connectivity index (χ1v) is 16.1. The molecule has 0 radical (unpaired) electrons. The van der Waals surface area contributed by atoms with Crippen molar-refractivity contribution >= 4 is 78.7 Å². The van der Waals surface area contributed by atoms with E-state index in [2.05, 4.69) is 35.6 Å². The molecule has 0 unspecified atom stereocenters. The third-order valence-corrected chi connectivity index (χ3v) is 9.01. The highest BCUT2D eigenvalue weighted by Crippen LogP contribution is 2.34. The fourth-order valence-electron chi connectivity index (χ4n) is 6.22. The van der Waals surface area contributed by atoms with Crippen molar-refractivity contribution in [2.45, 2.75) is 25.6 Å². The van der Waals surface area contributed by atoms with Crippen LogP contribution in [-0.4, -0.2) is 40.1 Å². The van der Waals surface area contributed by atoms with Crippen molar-refractivity contribution < 1.29 is 4.57 Å². The molecule has 9 rings (SSSR count). The Hall–Kier alpha value is -5.72. The molecule has 0 aliphatic heterocycles. The maximum atomic E-state index is 13.7. The molecule has 0 saturated heterocycles. The maximum Gasteiger partial charge on any atom is 0.354 e. The van der Waals surface area contributed by atoms with Crippen molar-refractivity contribution in [3.05, 3.63) is 116 Å². The molecule has 1 aliphatic carbocycles. The van der Waals surface area contributed by atoms with Crippen LogP contribution in [0.25, 0.3) is 55.2 Å². The van der Waals surface area contributed by atoms with Crippen LogP contribution in [0, 0.1) is 0 Å². The van der Waals surface area contributed by atoms with Gasteiger partial charge < -0.3 is 20.6 Å². The van der Waals surface area contributed by atoms with E-state index in [1.54, 1.807) is 35.2 Å². The Morgan fingerprint density at radius 3 is 2.08 bits per heavy atom. The van der Waals surface area contributed by atoms with Gasteiger partial charge in [-0.1, -0.05) is 23.2 Å². The van der Waals surface area contributed by atoms with Gasteiger partial charge in [-0.15, -0.1) is 0 Å². The minimum atomic E-state index is -0.476. The molecule has 12 nitrogen and oxygen atoms in total. The smallest absolute Gasteiger partial charge is 0.354 e. The lowest BCUT2D eigenvalue weighted by atomic mass is 10.2. The molecule has 0 spiro atoms. The zero-order chi connectivity index (χ0) is 32.5. The largest absolute Gasteiger partial charge is 0.365 e. The number of nitrogens with one attached hydrogen (secondary N) is 4. The third kappa shape index (κ3) is 4.76. The van der Waals surface area contributed by atoms with Gasteiger partial charge in [0.15, 0.2) is 24.0 Å². The second-order valence-corrected chi connectivity index (χ2v) is 12.6. The molecular weight excluding hydrogens is 651 g/mol. The van der Waals surface area contributed by atoms with Gasteiger partial charge in [0.2, 0.25) is 6.67 Å². The standard InChI is InChI=1S/C34H24Cl2N10O2/c35-18-5-9-25-23(13-18)29-27(40-25)31(42-33(47)45(29)21-3-1-11-37-15-21)38-17-44-12-2-4-22(16-44)46-30-24-14-19(36)6-10-26(24)41-28(30)32(43-34(46)48)39-20-7-8-20/h1-6,9-16,20H,7-8,17H2,(H3-,38,39,40,41,42,43,47,48)/p+1. The fourth-order valence-corrected chi connectivity index (χ4v) is 6.57. The first kappa shape index (κ1) is 28.5. The lowest BCUT2D eigenvalue weighted by molar-refractivity contribution is -0.691. The Balaban J connectivity index is 1.14. The molecule has 1 fully saturated rings. The number of nitrogens with zero attached hydrogens (tertiary/aromatic N) is 6. The summed E-state index contributed by atoms with van der Waals surface area (Å²) in [7, 11) is 0. The number of hydrogen-bond acceptors (Lipinski definition) is 7. The van der Waals surface area contributed by atoms with Crippen LogP contribution >= 0.6 is 23.2 Å². The van der Waals surface area contributed by atoms with Crippen molar-refractivity contribution in [2.24, 2.45) is 0 Å². The molecule has 1 saturated carbocycles. The first-order valence-electron chi connectivity index (χ1n) is 15.3. The lowest BCUT2D eigenvalue weighted by Crippen LogP contribution is -2.38. The van der Waals surface area contributed by atoms with Gasteiger partial charge in [0.05, 0.1) is 22.9 Å². The van der Waals surface area contributed by atoms with Crippen molar-refractivity contribution in [3.63, 3.8) is 0 Å². The van der Waals surface area contributed by atoms with Crippen molar-refractivity contribution in [1.82, 2.24) is 34.1 Å². The van der Waals surface area contributed by atoms with Crippen LogP contribution in [0.1, 0.15) is 12.8 Å². The van der Waals surface area contributed by atoms with Crippen molar-refractivity contribution in [1.29, 1.82) is 0 Å². The highest BCUT2D eigenvalue weighted by Gasteiger charge is 2.26. The van der Waals surface area contributed by atoms with E-state index in [1.165, 1.54) is 4.57 Å². The van der Waals surface area contributed by atoms with E-state index in [1.807, 2.05) is 59.4 Å². The highest BCUT2D eigenvalue weighted by atomic mass is 35.5. The van der Waals surface area contributed by atoms with Crippen LogP contribution in [0.5, 0.6) is 0 Å². The van der Waals surface area contributed by atoms with Crippen LogP contribution in [0.2, 0.25) is 10.0 Å². The minimum absolute atomic E-state index is 0.231. The van der Waals surface area contributed by atoms with Gasteiger partial charge >= 0.3 is 11.4 Å². The number of H-pyrrole nitrogens is 2. The summed E-state index contributed by atoms with van der Waals surface area (Å²) >= 11 is 12.8. The van der Waals surface area contributed by atoms with Gasteiger partial charge in [-0.05, 0) is 67.4 Å². The van der Waals surface area contributed by atoms with Crippen LogP contribution in [0.3, 0.4) is 0 Å². The number of aromatic nitrogens is 8. The van der Waals surface area contributed by atoms with Gasteiger partial charge in [0.1, 0.15) is 16.7 Å². The Bertz CT molecular complexity index is 2690. The van der Waals surface area contributed by atoms with E-state index in [0.29, 0.717) is 55.6 Å². The maximum absolute atomic E-state index is 13.7. The highest BCUT2D eigenvalue weighted by molar-refractivity contribution is 6.32. The molecule has 4 N–H and O–H groups in total. The number of aromatic amines is 2. The number of pyridine rings is 2. The Labute approximate surface area is 280 Å². The SMILES string of the molecule is O=c1nc(NC[n+]2cccc(-n3c(=O)nc(NC4CC4)c4[nH]c5ccc(Cl)cc5c43)c2)c2[nH]c3ccc(Cl)cc3c2n1-c1cccnc1. The van der Waals surface area contributed by atoms with E-state index in [0.717, 1.165) is 40.2 Å². The summed E-state index contributed by atoms with van der Waals surface area (Å²) < 4.78 is 4.98. The molecule has 6 aromatic heterocycles. The second kappa shape index (κ2) is 10.9. The van der Waals surface area contributed by atoms with Gasteiger partial charge in [-0.3, -0.25) is 14.1 Å². The summed E-state index contributed by atoms with van der Waals surface area (Å²) in [6.07, 6.45) is 9.04. The molecular formula is C34H25Cl2N10O2+. The predicted octanol–water partition coefficient (Wildman–Crippen LogP) is 5.68. The Morgan fingerprint density at radius 2 is 1.44 bits per heavy atom. The van der Waals surface area contributed by atoms with E-state index < -0.39 is 11.4 Å². The Morgan fingerprint density at radius 1 is 0.812 bits per heavy atom. The van der Waals surface area contributed by atoms with E-state index >= 15 is 0 Å². The quantitative estimate of drug-likeness (QED) is 0.159. The molecule has 236 valence electrons. The molecule has 0 bridgehead atoms. The molecule has 14 heteroatoms. The predicted molar refractivity (Wildman–Crippen MR) is 187 cm³/mol. The van der Waals surface area contributed by atoms with E-state index in [-0.39, 0.29) is 6.67 Å². The van der Waals surface area contributed by atoms with Crippen molar-refractivity contribution in [2.75, 3.05) is 10.6 Å². The van der Waals surface area contributed by atoms with Gasteiger partial charge in [-0.2, -0.15) is 14.5 Å². The topological polar surface area (TPSA) is 142 Å². The number of rotatable bonds is 7. The summed E-state index contributed by atoms with van der Waals surface area (Å²) in [5.74, 6) is 0.894. The van der Waals surface area contributed by atoms with Crippen LogP contribution in [0.15, 0.2) is 95.0 Å². The zero-order valence-electron chi connectivity index (χ0n) is 25.0. The lowest BCUT2D eigenvalue weighted by Gasteiger charge is -2.12. The zero-order valence-corrected chi connectivity index (χ0v) is 26.5. The molecule has 0 atom stereocenters. The first-order chi connectivity index (χ1) is 23.4. The number of benzene rings is 2.